The van der Waals surface area contributed by atoms with Crippen LogP contribution in [0.1, 0.15) is 21.7 Å². The number of nitriles is 1. The number of allylic oxidation sites excluding steroid dienone is 1. The molecule has 3 nitrogen and oxygen atoms in total. The van der Waals surface area contributed by atoms with Gasteiger partial charge >= 0.3 is 0 Å². The zero-order valence-corrected chi connectivity index (χ0v) is 18.5. The molecule has 0 spiro atoms. The number of hydrogen-bond donors (Lipinski definition) is 0. The number of ether oxygens (including phenoxy) is 1. The first kappa shape index (κ1) is 20.9. The van der Waals surface area contributed by atoms with Gasteiger partial charge in [-0.25, -0.2) is 4.98 Å². The summed E-state index contributed by atoms with van der Waals surface area (Å²) < 4.78 is 6.05. The van der Waals surface area contributed by atoms with Crippen molar-refractivity contribution in [3.63, 3.8) is 0 Å². The van der Waals surface area contributed by atoms with Crippen molar-refractivity contribution in [1.29, 1.82) is 5.26 Å². The molecular formula is C26H19ClN2OS. The van der Waals surface area contributed by atoms with Crippen LogP contribution in [0.3, 0.4) is 0 Å². The Bertz CT molecular complexity index is 1250. The molecule has 0 aliphatic carbocycles. The minimum atomic E-state index is 0.463. The average molecular weight is 443 g/mol. The second kappa shape index (κ2) is 9.61. The fourth-order valence-electron chi connectivity index (χ4n) is 3.02. The fourth-order valence-corrected chi connectivity index (χ4v) is 3.95. The van der Waals surface area contributed by atoms with Crippen LogP contribution >= 0.6 is 22.9 Å². The summed E-state index contributed by atoms with van der Waals surface area (Å²) in [5.41, 5.74) is 5.43. The van der Waals surface area contributed by atoms with Gasteiger partial charge in [0.25, 0.3) is 0 Å². The summed E-state index contributed by atoms with van der Waals surface area (Å²) >= 11 is 7.41. The van der Waals surface area contributed by atoms with Gasteiger partial charge in [-0.15, -0.1) is 11.3 Å². The molecule has 5 heteroatoms. The zero-order chi connectivity index (χ0) is 21.6. The highest BCUT2D eigenvalue weighted by atomic mass is 35.5. The van der Waals surface area contributed by atoms with E-state index < -0.39 is 0 Å². The monoisotopic (exact) mass is 442 g/mol. The Morgan fingerprint density at radius 1 is 1.06 bits per heavy atom. The van der Waals surface area contributed by atoms with Gasteiger partial charge in [-0.3, -0.25) is 0 Å². The zero-order valence-electron chi connectivity index (χ0n) is 16.9. The summed E-state index contributed by atoms with van der Waals surface area (Å²) in [6.45, 7) is 2.52. The summed E-state index contributed by atoms with van der Waals surface area (Å²) in [7, 11) is 0. The van der Waals surface area contributed by atoms with Crippen LogP contribution in [0.5, 0.6) is 5.75 Å². The maximum absolute atomic E-state index is 9.77. The predicted molar refractivity (Wildman–Crippen MR) is 128 cm³/mol. The van der Waals surface area contributed by atoms with E-state index in [9.17, 15) is 5.26 Å². The molecule has 0 radical (unpaired) electrons. The van der Waals surface area contributed by atoms with E-state index in [0.717, 1.165) is 28.1 Å². The topological polar surface area (TPSA) is 45.9 Å². The largest absolute Gasteiger partial charge is 0.488 e. The number of para-hydroxylation sites is 1. The molecule has 0 saturated heterocycles. The van der Waals surface area contributed by atoms with Crippen molar-refractivity contribution in [2.24, 2.45) is 0 Å². The number of hydrogen-bond acceptors (Lipinski definition) is 4. The number of benzene rings is 3. The minimum absolute atomic E-state index is 0.463. The highest BCUT2D eigenvalue weighted by molar-refractivity contribution is 7.11. The van der Waals surface area contributed by atoms with E-state index >= 15 is 0 Å². The summed E-state index contributed by atoms with van der Waals surface area (Å²) in [5, 5.41) is 13.1. The van der Waals surface area contributed by atoms with Crippen LogP contribution in [0.15, 0.2) is 78.2 Å². The summed E-state index contributed by atoms with van der Waals surface area (Å²) in [5.74, 6) is 0.727. The van der Waals surface area contributed by atoms with Crippen LogP contribution in [0.2, 0.25) is 5.02 Å². The molecule has 0 aliphatic heterocycles. The van der Waals surface area contributed by atoms with E-state index in [1.165, 1.54) is 16.9 Å². The molecule has 0 N–H and O–H groups in total. The number of halogens is 1. The lowest BCUT2D eigenvalue weighted by Gasteiger charge is -2.10. The molecule has 4 aromatic rings. The van der Waals surface area contributed by atoms with Gasteiger partial charge in [0.1, 0.15) is 23.4 Å². The van der Waals surface area contributed by atoms with Crippen LogP contribution < -0.4 is 4.74 Å². The van der Waals surface area contributed by atoms with E-state index in [0.29, 0.717) is 22.2 Å². The standard InChI is InChI=1S/C26H19ClN2OS/c1-18-6-8-19(9-7-18)16-30-25-5-3-2-4-21(25)14-22(15-28)26-29-24(17-31-26)20-10-12-23(27)13-11-20/h2-14,17H,16H2,1H3/b22-14-. The van der Waals surface area contributed by atoms with E-state index in [2.05, 4.69) is 42.2 Å². The van der Waals surface area contributed by atoms with Gasteiger partial charge in [-0.05, 0) is 36.8 Å². The summed E-state index contributed by atoms with van der Waals surface area (Å²) in [6.07, 6.45) is 1.83. The maximum atomic E-state index is 9.77. The highest BCUT2D eigenvalue weighted by Crippen LogP contribution is 2.30. The van der Waals surface area contributed by atoms with Crippen LogP contribution in [-0.2, 0) is 6.61 Å². The summed E-state index contributed by atoms with van der Waals surface area (Å²) in [6, 6.07) is 25.8. The molecular weight excluding hydrogens is 424 g/mol. The van der Waals surface area contributed by atoms with Crippen LogP contribution in [0, 0.1) is 18.3 Å². The van der Waals surface area contributed by atoms with Gasteiger partial charge < -0.3 is 4.74 Å². The van der Waals surface area contributed by atoms with Gasteiger partial charge in [0.05, 0.1) is 11.3 Å². The Balaban J connectivity index is 1.58. The minimum Gasteiger partial charge on any atom is -0.488 e. The summed E-state index contributed by atoms with van der Waals surface area (Å²) in [4.78, 5) is 4.65. The Labute approximate surface area is 190 Å². The fraction of sp³-hybridized carbons (Fsp3) is 0.0769. The Morgan fingerprint density at radius 3 is 2.55 bits per heavy atom. The SMILES string of the molecule is Cc1ccc(COc2ccccc2/C=C(/C#N)c2nc(-c3ccc(Cl)cc3)cs2)cc1. The molecule has 1 aromatic heterocycles. The molecule has 0 fully saturated rings. The van der Waals surface area contributed by atoms with E-state index in [4.69, 9.17) is 16.3 Å². The van der Waals surface area contributed by atoms with E-state index in [1.807, 2.05) is 60.0 Å². The third-order valence-electron chi connectivity index (χ3n) is 4.73. The second-order valence-corrected chi connectivity index (χ2v) is 8.32. The van der Waals surface area contributed by atoms with Crippen LogP contribution in [-0.4, -0.2) is 4.98 Å². The van der Waals surface area contributed by atoms with Gasteiger partial charge in [0.2, 0.25) is 0 Å². The third kappa shape index (κ3) is 5.21. The van der Waals surface area contributed by atoms with Crippen molar-refractivity contribution in [1.82, 2.24) is 4.98 Å². The number of aryl methyl sites for hydroxylation is 1. The van der Waals surface area contributed by atoms with Gasteiger partial charge in [0, 0.05) is 21.5 Å². The number of aromatic nitrogens is 1. The number of rotatable bonds is 6. The van der Waals surface area contributed by atoms with Gasteiger partial charge in [-0.2, -0.15) is 5.26 Å². The normalized spacial score (nSPS) is 11.2. The Hall–Kier alpha value is -3.39. The second-order valence-electron chi connectivity index (χ2n) is 7.03. The lowest BCUT2D eigenvalue weighted by atomic mass is 10.1. The first-order valence-electron chi connectivity index (χ1n) is 9.73. The van der Waals surface area contributed by atoms with Gasteiger partial charge in [-0.1, -0.05) is 71.8 Å². The van der Waals surface area contributed by atoms with Crippen molar-refractivity contribution in [2.75, 3.05) is 0 Å². The molecule has 3 aromatic carbocycles. The van der Waals surface area contributed by atoms with Crippen molar-refractivity contribution < 1.29 is 4.74 Å². The average Bonchev–Trinajstić information content (AvgIpc) is 3.28. The van der Waals surface area contributed by atoms with E-state index in [1.54, 1.807) is 0 Å². The quantitative estimate of drug-likeness (QED) is 0.292. The van der Waals surface area contributed by atoms with Crippen molar-refractivity contribution in [3.8, 4) is 23.1 Å². The molecule has 0 saturated carbocycles. The lowest BCUT2D eigenvalue weighted by molar-refractivity contribution is 0.305. The highest BCUT2D eigenvalue weighted by Gasteiger charge is 2.11. The third-order valence-corrected chi connectivity index (χ3v) is 5.86. The van der Waals surface area contributed by atoms with Crippen LogP contribution in [0.4, 0.5) is 0 Å². The molecule has 152 valence electrons. The van der Waals surface area contributed by atoms with Crippen molar-refractivity contribution in [2.45, 2.75) is 13.5 Å². The first-order chi connectivity index (χ1) is 15.1. The van der Waals surface area contributed by atoms with E-state index in [-0.39, 0.29) is 0 Å². The molecule has 1 heterocycles. The molecule has 0 atom stereocenters. The molecule has 0 aliphatic rings. The predicted octanol–water partition coefficient (Wildman–Crippen LogP) is 7.42. The number of nitrogens with zero attached hydrogens (tertiary/aromatic N) is 2. The maximum Gasteiger partial charge on any atom is 0.134 e. The number of thiazole rings is 1. The Morgan fingerprint density at radius 2 is 1.81 bits per heavy atom. The van der Waals surface area contributed by atoms with Crippen molar-refractivity contribution >= 4 is 34.6 Å². The molecule has 31 heavy (non-hydrogen) atoms. The van der Waals surface area contributed by atoms with Crippen LogP contribution in [0.25, 0.3) is 22.9 Å². The molecule has 0 amide bonds. The first-order valence-corrected chi connectivity index (χ1v) is 11.0. The van der Waals surface area contributed by atoms with Crippen molar-refractivity contribution in [3.05, 3.63) is 105 Å². The lowest BCUT2D eigenvalue weighted by Crippen LogP contribution is -1.97. The molecule has 4 rings (SSSR count). The molecule has 0 unspecified atom stereocenters. The Kier molecular flexibility index (Phi) is 6.47. The molecule has 0 bridgehead atoms. The van der Waals surface area contributed by atoms with Gasteiger partial charge in [0.15, 0.2) is 0 Å². The smallest absolute Gasteiger partial charge is 0.134 e.